The molecule has 0 radical (unpaired) electrons. The number of halogens is 3. The lowest BCUT2D eigenvalue weighted by atomic mass is 9.97. The van der Waals surface area contributed by atoms with Crippen LogP contribution in [0.4, 0.5) is 11.9 Å². The monoisotopic (exact) mass is 496 g/mol. The number of nitrogens with two attached hydrogens (primary N) is 1. The van der Waals surface area contributed by atoms with E-state index >= 15 is 0 Å². The van der Waals surface area contributed by atoms with E-state index in [9.17, 15) is 0 Å². The number of H-pyrrole nitrogens is 1. The number of aromatic amines is 1. The Morgan fingerprint density at radius 3 is 2.31 bits per heavy atom. The minimum absolute atomic E-state index is 0. The molecule has 0 bridgehead atoms. The number of piperidine rings is 1. The van der Waals surface area contributed by atoms with Gasteiger partial charge in [-0.3, -0.25) is 4.90 Å². The third-order valence-electron chi connectivity index (χ3n) is 5.93. The first-order valence-corrected chi connectivity index (χ1v) is 10.9. The number of benzene rings is 2. The molecule has 1 saturated heterocycles. The van der Waals surface area contributed by atoms with Crippen LogP contribution in [0.1, 0.15) is 30.9 Å². The molecular formula is C23H31Cl3N6. The van der Waals surface area contributed by atoms with Crippen molar-refractivity contribution in [2.75, 3.05) is 23.7 Å². The topological polar surface area (TPSA) is 74.1 Å². The summed E-state index contributed by atoms with van der Waals surface area (Å²) in [7, 11) is 0. The van der Waals surface area contributed by atoms with Crippen molar-refractivity contribution in [2.24, 2.45) is 0 Å². The van der Waals surface area contributed by atoms with Crippen LogP contribution < -0.4 is 10.6 Å². The molecule has 0 aliphatic carbocycles. The molecule has 6 nitrogen and oxygen atoms in total. The molecule has 32 heavy (non-hydrogen) atoms. The molecule has 174 valence electrons. The average Bonchev–Trinajstić information content (AvgIpc) is 3.21. The van der Waals surface area contributed by atoms with Crippen molar-refractivity contribution >= 4 is 48.3 Å². The normalized spacial score (nSPS) is 15.2. The molecule has 1 atom stereocenters. The summed E-state index contributed by atoms with van der Waals surface area (Å²) in [6, 6.07) is 19.9. The molecule has 2 heterocycles. The van der Waals surface area contributed by atoms with E-state index in [4.69, 9.17) is 17.3 Å². The number of rotatable bonds is 7. The van der Waals surface area contributed by atoms with Crippen molar-refractivity contribution in [1.29, 1.82) is 0 Å². The first kappa shape index (κ1) is 26.3. The molecule has 2 aromatic carbocycles. The van der Waals surface area contributed by atoms with E-state index in [1.54, 1.807) is 0 Å². The Balaban J connectivity index is 0.00000181. The second-order valence-corrected chi connectivity index (χ2v) is 8.51. The number of anilines is 2. The summed E-state index contributed by atoms with van der Waals surface area (Å²) in [5.41, 5.74) is 8.37. The van der Waals surface area contributed by atoms with Crippen molar-refractivity contribution in [3.63, 3.8) is 0 Å². The van der Waals surface area contributed by atoms with E-state index in [1.807, 2.05) is 12.1 Å². The van der Waals surface area contributed by atoms with Crippen LogP contribution in [-0.4, -0.2) is 45.3 Å². The highest BCUT2D eigenvalue weighted by Gasteiger charge is 2.29. The molecule has 1 fully saturated rings. The molecule has 1 aliphatic heterocycles. The number of nitrogen functional groups attached to an aromatic ring is 1. The fourth-order valence-corrected chi connectivity index (χ4v) is 4.45. The van der Waals surface area contributed by atoms with Crippen LogP contribution in [0.5, 0.6) is 0 Å². The Morgan fingerprint density at radius 2 is 1.72 bits per heavy atom. The van der Waals surface area contributed by atoms with Crippen LogP contribution in [0.25, 0.3) is 0 Å². The van der Waals surface area contributed by atoms with Gasteiger partial charge < -0.3 is 10.6 Å². The zero-order valence-electron chi connectivity index (χ0n) is 18.2. The van der Waals surface area contributed by atoms with E-state index in [0.29, 0.717) is 24.0 Å². The summed E-state index contributed by atoms with van der Waals surface area (Å²) < 4.78 is 0. The van der Waals surface area contributed by atoms with E-state index in [1.165, 1.54) is 11.1 Å². The molecule has 0 amide bonds. The molecule has 1 aliphatic rings. The van der Waals surface area contributed by atoms with Crippen molar-refractivity contribution in [2.45, 2.75) is 44.8 Å². The lowest BCUT2D eigenvalue weighted by Crippen LogP contribution is -2.48. The summed E-state index contributed by atoms with van der Waals surface area (Å²) >= 11 is 6.07. The third kappa shape index (κ3) is 6.75. The summed E-state index contributed by atoms with van der Waals surface area (Å²) in [5, 5.41) is 7.74. The van der Waals surface area contributed by atoms with E-state index in [2.05, 4.69) is 74.4 Å². The van der Waals surface area contributed by atoms with Gasteiger partial charge in [-0.2, -0.15) is 4.98 Å². The number of aromatic nitrogens is 3. The Hall–Kier alpha value is -1.99. The zero-order chi connectivity index (χ0) is 20.9. The highest BCUT2D eigenvalue weighted by Crippen LogP contribution is 2.25. The second-order valence-electron chi connectivity index (χ2n) is 8.08. The summed E-state index contributed by atoms with van der Waals surface area (Å²) in [5.74, 6) is 1.07. The summed E-state index contributed by atoms with van der Waals surface area (Å²) in [4.78, 5) is 9.16. The summed E-state index contributed by atoms with van der Waals surface area (Å²) in [6.07, 6.45) is 3.15. The van der Waals surface area contributed by atoms with Crippen LogP contribution in [-0.2, 0) is 13.0 Å². The van der Waals surface area contributed by atoms with E-state index < -0.39 is 0 Å². The Bertz CT molecular complexity index is 926. The van der Waals surface area contributed by atoms with Gasteiger partial charge in [0.2, 0.25) is 11.9 Å². The third-order valence-corrected chi connectivity index (χ3v) is 6.18. The number of nitrogens with one attached hydrogen (secondary N) is 1. The maximum absolute atomic E-state index is 6.07. The maximum atomic E-state index is 6.07. The first-order valence-electron chi connectivity index (χ1n) is 10.6. The van der Waals surface area contributed by atoms with Crippen LogP contribution >= 0.6 is 36.4 Å². The SMILES string of the molecule is CC(Cc1ccc(Cl)cc1)N(Cc1ccccc1)C1CCN(c2n[nH]c(N)n2)CC1.Cl.Cl. The lowest BCUT2D eigenvalue weighted by molar-refractivity contribution is 0.113. The van der Waals surface area contributed by atoms with Gasteiger partial charge in [0.05, 0.1) is 0 Å². The number of hydrogen-bond donors (Lipinski definition) is 2. The fraction of sp³-hybridized carbons (Fsp3) is 0.391. The molecule has 3 N–H and O–H groups in total. The Morgan fingerprint density at radius 1 is 1.06 bits per heavy atom. The van der Waals surface area contributed by atoms with E-state index in [-0.39, 0.29) is 24.8 Å². The Labute approximate surface area is 207 Å². The van der Waals surface area contributed by atoms with Gasteiger partial charge in [-0.25, -0.2) is 5.10 Å². The molecule has 4 rings (SSSR count). The molecule has 1 unspecified atom stereocenters. The highest BCUT2D eigenvalue weighted by atomic mass is 35.5. The summed E-state index contributed by atoms with van der Waals surface area (Å²) in [6.45, 7) is 5.15. The predicted octanol–water partition coefficient (Wildman–Crippen LogP) is 4.99. The second kappa shape index (κ2) is 12.3. The van der Waals surface area contributed by atoms with Gasteiger partial charge in [0, 0.05) is 36.7 Å². The number of nitrogens with zero attached hydrogens (tertiary/aromatic N) is 4. The number of hydrogen-bond acceptors (Lipinski definition) is 5. The van der Waals surface area contributed by atoms with Crippen molar-refractivity contribution in [1.82, 2.24) is 20.1 Å². The molecule has 0 spiro atoms. The van der Waals surface area contributed by atoms with Gasteiger partial charge >= 0.3 is 0 Å². The van der Waals surface area contributed by atoms with Crippen LogP contribution in [0.3, 0.4) is 0 Å². The first-order chi connectivity index (χ1) is 14.6. The van der Waals surface area contributed by atoms with E-state index in [0.717, 1.165) is 43.9 Å². The van der Waals surface area contributed by atoms with Gasteiger partial charge in [0.1, 0.15) is 0 Å². The van der Waals surface area contributed by atoms with Crippen LogP contribution in [0.15, 0.2) is 54.6 Å². The smallest absolute Gasteiger partial charge is 0.246 e. The van der Waals surface area contributed by atoms with Crippen LogP contribution in [0, 0.1) is 0 Å². The fourth-order valence-electron chi connectivity index (χ4n) is 4.32. The lowest BCUT2D eigenvalue weighted by Gasteiger charge is -2.41. The van der Waals surface area contributed by atoms with Gasteiger partial charge in [0.15, 0.2) is 0 Å². The average molecular weight is 498 g/mol. The quantitative estimate of drug-likeness (QED) is 0.481. The van der Waals surface area contributed by atoms with Crippen molar-refractivity contribution in [3.8, 4) is 0 Å². The minimum atomic E-state index is 0. The predicted molar refractivity (Wildman–Crippen MR) is 137 cm³/mol. The molecule has 1 aromatic heterocycles. The molecular weight excluding hydrogens is 467 g/mol. The van der Waals surface area contributed by atoms with Gasteiger partial charge in [-0.15, -0.1) is 29.9 Å². The van der Waals surface area contributed by atoms with Gasteiger partial charge in [-0.05, 0) is 49.4 Å². The standard InChI is InChI=1S/C23H29ClN6.2ClH/c1-17(15-18-7-9-20(24)10-8-18)30(16-19-5-3-2-4-6-19)21-11-13-29(14-12-21)23-26-22(25)27-28-23;;/h2-10,17,21H,11-16H2,1H3,(H3,25,26,27,28);2*1H. The largest absolute Gasteiger partial charge is 0.368 e. The molecule has 9 heteroatoms. The van der Waals surface area contributed by atoms with Gasteiger partial charge in [0.25, 0.3) is 0 Å². The molecule has 0 saturated carbocycles. The minimum Gasteiger partial charge on any atom is -0.368 e. The van der Waals surface area contributed by atoms with Gasteiger partial charge in [-0.1, -0.05) is 54.1 Å². The highest BCUT2D eigenvalue weighted by molar-refractivity contribution is 6.30. The maximum Gasteiger partial charge on any atom is 0.246 e. The molecule has 3 aromatic rings. The zero-order valence-corrected chi connectivity index (χ0v) is 20.5. The van der Waals surface area contributed by atoms with Crippen molar-refractivity contribution in [3.05, 3.63) is 70.7 Å². The Kier molecular flexibility index (Phi) is 10.1. The van der Waals surface area contributed by atoms with Crippen LogP contribution in [0.2, 0.25) is 5.02 Å². The van der Waals surface area contributed by atoms with Crippen molar-refractivity contribution < 1.29 is 0 Å².